The van der Waals surface area contributed by atoms with Crippen molar-refractivity contribution in [2.75, 3.05) is 7.11 Å². The maximum Gasteiger partial charge on any atom is 0.257 e. The Morgan fingerprint density at radius 1 is 1.25 bits per heavy atom. The number of nitrogens with zero attached hydrogens (tertiary/aromatic N) is 1. The summed E-state index contributed by atoms with van der Waals surface area (Å²) >= 11 is 6.10. The van der Waals surface area contributed by atoms with Gasteiger partial charge in [-0.1, -0.05) is 11.6 Å². The molecule has 0 spiro atoms. The van der Waals surface area contributed by atoms with E-state index in [0.29, 0.717) is 27.4 Å². The first-order chi connectivity index (χ1) is 9.69. The monoisotopic (exact) mass is 286 g/mol. The fraction of sp³-hybridized carbons (Fsp3) is 0.0667. The van der Waals surface area contributed by atoms with E-state index in [4.69, 9.17) is 16.3 Å². The number of rotatable bonds is 2. The number of aromatic amines is 1. The van der Waals surface area contributed by atoms with Gasteiger partial charge in [-0.25, -0.2) is 0 Å². The molecule has 5 heteroatoms. The highest BCUT2D eigenvalue weighted by Gasteiger charge is 2.07. The predicted octanol–water partition coefficient (Wildman–Crippen LogP) is 3.25. The molecule has 0 aliphatic heterocycles. The number of ether oxygens (including phenoxy) is 1. The van der Waals surface area contributed by atoms with E-state index in [9.17, 15) is 4.79 Å². The molecule has 0 saturated carbocycles. The van der Waals surface area contributed by atoms with Crippen molar-refractivity contribution in [1.29, 1.82) is 0 Å². The van der Waals surface area contributed by atoms with Gasteiger partial charge in [-0.05, 0) is 42.0 Å². The molecule has 0 saturated heterocycles. The van der Waals surface area contributed by atoms with Crippen LogP contribution < -0.4 is 10.3 Å². The van der Waals surface area contributed by atoms with Crippen molar-refractivity contribution >= 4 is 22.5 Å². The first-order valence-corrected chi connectivity index (χ1v) is 6.39. The lowest BCUT2D eigenvalue weighted by Crippen LogP contribution is -2.07. The molecule has 3 aromatic rings. The van der Waals surface area contributed by atoms with Crippen molar-refractivity contribution in [1.82, 2.24) is 9.97 Å². The molecular weight excluding hydrogens is 276 g/mol. The summed E-state index contributed by atoms with van der Waals surface area (Å²) in [5.41, 5.74) is 1.96. The van der Waals surface area contributed by atoms with Crippen LogP contribution >= 0.6 is 11.6 Å². The van der Waals surface area contributed by atoms with Gasteiger partial charge >= 0.3 is 0 Å². The Kier molecular flexibility index (Phi) is 3.16. The molecule has 20 heavy (non-hydrogen) atoms. The number of hydrogen-bond acceptors (Lipinski definition) is 3. The van der Waals surface area contributed by atoms with Crippen LogP contribution in [0.3, 0.4) is 0 Å². The Labute approximate surface area is 120 Å². The number of pyridine rings is 2. The van der Waals surface area contributed by atoms with E-state index in [1.165, 1.54) is 0 Å². The minimum atomic E-state index is -0.169. The second-order valence-electron chi connectivity index (χ2n) is 4.30. The Morgan fingerprint density at radius 2 is 2.10 bits per heavy atom. The zero-order valence-electron chi connectivity index (χ0n) is 10.7. The number of methoxy groups -OCH3 is 1. The molecule has 0 atom stereocenters. The third-order valence-corrected chi connectivity index (χ3v) is 3.37. The fourth-order valence-electron chi connectivity index (χ4n) is 2.08. The van der Waals surface area contributed by atoms with Gasteiger partial charge in [0.15, 0.2) is 0 Å². The Hall–Kier alpha value is -2.33. The Balaban J connectivity index is 2.19. The highest BCUT2D eigenvalue weighted by atomic mass is 35.5. The summed E-state index contributed by atoms with van der Waals surface area (Å²) in [5.74, 6) is 0.594. The van der Waals surface area contributed by atoms with Crippen molar-refractivity contribution in [2.24, 2.45) is 0 Å². The molecule has 0 aliphatic rings. The van der Waals surface area contributed by atoms with Gasteiger partial charge in [0.05, 0.1) is 28.7 Å². The van der Waals surface area contributed by atoms with E-state index < -0.39 is 0 Å². The van der Waals surface area contributed by atoms with Crippen molar-refractivity contribution in [3.05, 3.63) is 58.0 Å². The van der Waals surface area contributed by atoms with Crippen LogP contribution in [0.25, 0.3) is 22.2 Å². The van der Waals surface area contributed by atoms with E-state index >= 15 is 0 Å². The van der Waals surface area contributed by atoms with Gasteiger partial charge in [-0.15, -0.1) is 0 Å². The third kappa shape index (κ3) is 2.14. The van der Waals surface area contributed by atoms with Gasteiger partial charge in [0.25, 0.3) is 5.56 Å². The van der Waals surface area contributed by atoms with Gasteiger partial charge in [0.2, 0.25) is 0 Å². The topological polar surface area (TPSA) is 55.0 Å². The molecule has 0 bridgehead atoms. The van der Waals surface area contributed by atoms with Gasteiger partial charge in [-0.2, -0.15) is 0 Å². The van der Waals surface area contributed by atoms with E-state index in [1.54, 1.807) is 37.6 Å². The zero-order chi connectivity index (χ0) is 14.1. The van der Waals surface area contributed by atoms with Gasteiger partial charge in [-0.3, -0.25) is 9.78 Å². The lowest BCUT2D eigenvalue weighted by Gasteiger charge is -2.07. The average molecular weight is 287 g/mol. The van der Waals surface area contributed by atoms with Crippen LogP contribution in [-0.2, 0) is 0 Å². The summed E-state index contributed by atoms with van der Waals surface area (Å²) in [6.07, 6.45) is 1.66. The first-order valence-electron chi connectivity index (χ1n) is 6.01. The van der Waals surface area contributed by atoms with E-state index in [2.05, 4.69) is 9.97 Å². The average Bonchev–Trinajstić information content (AvgIpc) is 2.47. The van der Waals surface area contributed by atoms with Crippen LogP contribution in [0, 0.1) is 0 Å². The zero-order valence-corrected chi connectivity index (χ0v) is 11.4. The molecule has 100 valence electrons. The second-order valence-corrected chi connectivity index (χ2v) is 4.70. The maximum absolute atomic E-state index is 12.0. The molecule has 1 aromatic carbocycles. The summed E-state index contributed by atoms with van der Waals surface area (Å²) < 4.78 is 5.11. The standard InChI is InChI=1S/C15H11ClN2O2/c1-20-14-5-4-9(7-11(14)16)12-8-13-10(15(19)18-12)3-2-6-17-13/h2-8H,1H3,(H,18,19). The molecule has 0 unspecified atom stereocenters. The molecule has 0 aliphatic carbocycles. The van der Waals surface area contributed by atoms with Crippen LogP contribution in [0.5, 0.6) is 5.75 Å². The van der Waals surface area contributed by atoms with Gasteiger partial charge < -0.3 is 9.72 Å². The molecule has 2 heterocycles. The second kappa shape index (κ2) is 4.98. The SMILES string of the molecule is COc1ccc(-c2cc3ncccc3c(=O)[nH]2)cc1Cl. The van der Waals surface area contributed by atoms with Crippen molar-refractivity contribution in [3.8, 4) is 17.0 Å². The van der Waals surface area contributed by atoms with E-state index in [0.717, 1.165) is 5.56 Å². The summed E-state index contributed by atoms with van der Waals surface area (Å²) in [6.45, 7) is 0. The van der Waals surface area contributed by atoms with Crippen molar-refractivity contribution in [3.63, 3.8) is 0 Å². The summed E-state index contributed by atoms with van der Waals surface area (Å²) in [6, 6.07) is 10.7. The lowest BCUT2D eigenvalue weighted by molar-refractivity contribution is 0.415. The molecule has 0 radical (unpaired) electrons. The number of aromatic nitrogens is 2. The molecule has 0 amide bonds. The van der Waals surface area contributed by atoms with Crippen LogP contribution in [0.15, 0.2) is 47.4 Å². The van der Waals surface area contributed by atoms with E-state index in [1.807, 2.05) is 12.1 Å². The normalized spacial score (nSPS) is 10.7. The van der Waals surface area contributed by atoms with Crippen LogP contribution in [0.1, 0.15) is 0 Å². The number of fused-ring (bicyclic) bond motifs is 1. The smallest absolute Gasteiger partial charge is 0.257 e. The Morgan fingerprint density at radius 3 is 2.85 bits per heavy atom. The van der Waals surface area contributed by atoms with Crippen molar-refractivity contribution in [2.45, 2.75) is 0 Å². The minimum Gasteiger partial charge on any atom is -0.495 e. The lowest BCUT2D eigenvalue weighted by atomic mass is 10.1. The van der Waals surface area contributed by atoms with Gasteiger partial charge in [0, 0.05) is 6.20 Å². The number of benzene rings is 1. The van der Waals surface area contributed by atoms with Crippen molar-refractivity contribution < 1.29 is 4.74 Å². The largest absolute Gasteiger partial charge is 0.495 e. The molecule has 2 aromatic heterocycles. The number of nitrogens with one attached hydrogen (secondary N) is 1. The highest BCUT2D eigenvalue weighted by molar-refractivity contribution is 6.32. The van der Waals surface area contributed by atoms with E-state index in [-0.39, 0.29) is 5.56 Å². The molecular formula is C15H11ClN2O2. The summed E-state index contributed by atoms with van der Waals surface area (Å²) in [4.78, 5) is 19.1. The van der Waals surface area contributed by atoms with Crippen LogP contribution in [-0.4, -0.2) is 17.1 Å². The number of H-pyrrole nitrogens is 1. The maximum atomic E-state index is 12.0. The van der Waals surface area contributed by atoms with Gasteiger partial charge in [0.1, 0.15) is 5.75 Å². The van der Waals surface area contributed by atoms with Crippen LogP contribution in [0.4, 0.5) is 0 Å². The fourth-order valence-corrected chi connectivity index (χ4v) is 2.33. The molecule has 3 rings (SSSR count). The number of halogens is 1. The first kappa shape index (κ1) is 12.7. The third-order valence-electron chi connectivity index (χ3n) is 3.08. The molecule has 1 N–H and O–H groups in total. The summed E-state index contributed by atoms with van der Waals surface area (Å²) in [5, 5.41) is 1.06. The summed E-state index contributed by atoms with van der Waals surface area (Å²) in [7, 11) is 1.56. The van der Waals surface area contributed by atoms with Crippen LogP contribution in [0.2, 0.25) is 5.02 Å². The quantitative estimate of drug-likeness (QED) is 0.787. The predicted molar refractivity (Wildman–Crippen MR) is 79.4 cm³/mol. The molecule has 0 fully saturated rings. The molecule has 4 nitrogen and oxygen atoms in total. The number of hydrogen-bond donors (Lipinski definition) is 1. The minimum absolute atomic E-state index is 0.169. The Bertz CT molecular complexity index is 843. The highest BCUT2D eigenvalue weighted by Crippen LogP contribution is 2.29.